The lowest BCUT2D eigenvalue weighted by molar-refractivity contribution is -0.150. The first kappa shape index (κ1) is 32.4. The first-order chi connectivity index (χ1) is 21.2. The Labute approximate surface area is 260 Å². The van der Waals surface area contributed by atoms with Crippen LogP contribution in [0.5, 0.6) is 11.5 Å². The Kier molecular flexibility index (Phi) is 10.3. The second-order valence-corrected chi connectivity index (χ2v) is 13.3. The van der Waals surface area contributed by atoms with Crippen molar-refractivity contribution in [2.45, 2.75) is 102 Å². The van der Waals surface area contributed by atoms with Crippen LogP contribution in [0, 0.1) is 17.8 Å². The van der Waals surface area contributed by atoms with Crippen LogP contribution in [-0.2, 0) is 14.3 Å². The van der Waals surface area contributed by atoms with Gasteiger partial charge in [-0.3, -0.25) is 14.4 Å². The smallest absolute Gasteiger partial charge is 0.249 e. The van der Waals surface area contributed by atoms with Crippen LogP contribution in [0.2, 0.25) is 0 Å². The number of carbonyl (C=O) groups is 3. The third kappa shape index (κ3) is 6.39. The summed E-state index contributed by atoms with van der Waals surface area (Å²) in [5, 5.41) is 24.1. The highest BCUT2D eigenvalue weighted by molar-refractivity contribution is 5.96. The molecule has 44 heavy (non-hydrogen) atoms. The molecule has 2 fully saturated rings. The fourth-order valence-electron chi connectivity index (χ4n) is 7.88. The number of benzene rings is 1. The van der Waals surface area contributed by atoms with Gasteiger partial charge in [-0.1, -0.05) is 40.0 Å². The summed E-state index contributed by atoms with van der Waals surface area (Å²) >= 11 is 0. The molecule has 2 saturated carbocycles. The first-order valence-corrected chi connectivity index (χ1v) is 16.2. The molecule has 1 aromatic rings. The minimum Gasteiger partial charge on any atom is -0.493 e. The summed E-state index contributed by atoms with van der Waals surface area (Å²) in [6, 6.07) is 2.28. The molecule has 3 aliphatic carbocycles. The van der Waals surface area contributed by atoms with Gasteiger partial charge < -0.3 is 34.6 Å². The lowest BCUT2D eigenvalue weighted by Crippen LogP contribution is -2.58. The Morgan fingerprint density at radius 1 is 1.18 bits per heavy atom. The van der Waals surface area contributed by atoms with Crippen molar-refractivity contribution >= 4 is 18.1 Å². The Hall–Kier alpha value is -2.95. The fraction of sp³-hybridized carbons (Fsp3) is 0.676. The monoisotopic (exact) mass is 612 g/mol. The van der Waals surface area contributed by atoms with Gasteiger partial charge in [0.25, 0.3) is 0 Å². The molecule has 242 valence electrons. The molecule has 7 atom stereocenters. The maximum absolute atomic E-state index is 14.1. The van der Waals surface area contributed by atoms with Gasteiger partial charge in [0.2, 0.25) is 11.8 Å². The number of fused-ring (bicyclic) bond motifs is 3. The van der Waals surface area contributed by atoms with E-state index in [9.17, 15) is 24.6 Å². The number of nitrogens with zero attached hydrogens (tertiary/aromatic N) is 1. The van der Waals surface area contributed by atoms with Crippen molar-refractivity contribution < 1.29 is 38.8 Å². The largest absolute Gasteiger partial charge is 0.493 e. The second kappa shape index (κ2) is 14.0. The van der Waals surface area contributed by atoms with Gasteiger partial charge in [-0.05, 0) is 61.6 Å². The average Bonchev–Trinajstić information content (AvgIpc) is 3.68. The highest BCUT2D eigenvalue weighted by Crippen LogP contribution is 2.51. The Balaban J connectivity index is 1.49. The molecule has 0 saturated heterocycles. The van der Waals surface area contributed by atoms with Crippen molar-refractivity contribution in [3.05, 3.63) is 34.9 Å². The van der Waals surface area contributed by atoms with Crippen LogP contribution in [0.25, 0.3) is 0 Å². The van der Waals surface area contributed by atoms with E-state index in [-0.39, 0.29) is 37.8 Å². The number of aliphatic hydroxyl groups excluding tert-OH is 2. The maximum atomic E-state index is 14.1. The number of carbonyl (C=O) groups excluding carboxylic acids is 3. The molecule has 0 bridgehead atoms. The molecule has 10 nitrogen and oxygen atoms in total. The van der Waals surface area contributed by atoms with Crippen molar-refractivity contribution in [3.8, 4) is 11.5 Å². The van der Waals surface area contributed by atoms with E-state index in [0.717, 1.165) is 44.9 Å². The van der Waals surface area contributed by atoms with Crippen LogP contribution in [0.15, 0.2) is 23.8 Å². The van der Waals surface area contributed by atoms with Crippen molar-refractivity contribution in [1.82, 2.24) is 10.2 Å². The zero-order valence-electron chi connectivity index (χ0n) is 26.4. The third-order valence-corrected chi connectivity index (χ3v) is 10.1. The van der Waals surface area contributed by atoms with Crippen LogP contribution >= 0.6 is 0 Å². The summed E-state index contributed by atoms with van der Waals surface area (Å²) in [6.07, 6.45) is 7.04. The molecule has 0 aromatic heterocycles. The summed E-state index contributed by atoms with van der Waals surface area (Å²) in [5.74, 6) is 0.736. The van der Waals surface area contributed by atoms with E-state index in [1.807, 2.05) is 0 Å². The summed E-state index contributed by atoms with van der Waals surface area (Å²) in [6.45, 7) is 6.36. The van der Waals surface area contributed by atoms with E-state index in [4.69, 9.17) is 14.2 Å². The fourth-order valence-corrected chi connectivity index (χ4v) is 7.88. The number of hydrogen-bond acceptors (Lipinski definition) is 8. The third-order valence-electron chi connectivity index (χ3n) is 10.1. The van der Waals surface area contributed by atoms with Gasteiger partial charge in [-0.15, -0.1) is 0 Å². The normalized spacial score (nSPS) is 29.8. The van der Waals surface area contributed by atoms with Gasteiger partial charge >= 0.3 is 0 Å². The lowest BCUT2D eigenvalue weighted by atomic mass is 9.75. The number of nitrogens with one attached hydrogen (secondary N) is 1. The van der Waals surface area contributed by atoms with E-state index in [1.165, 1.54) is 7.11 Å². The number of ether oxygens (including phenoxy) is 3. The van der Waals surface area contributed by atoms with E-state index < -0.39 is 30.1 Å². The molecule has 0 spiro atoms. The standard InChI is InChI=1S/C34H48N2O8/c1-19(2)23-10-9-20(3)13-27(23)43-18-29(39)36(22-7-5-6-8-22)26-16-25(34(41)35-11-12-37)30-24-14-21(17-38)15-28(42-4)32(24)44-33(30)31(26)40/h14-17,19-20,22-23,26-27,30-31,33,37,40H,5-13,18H2,1-4H3,(H,35,41)/t20-,23+,26+,27-,30-,31-,33-/m0/s1. The van der Waals surface area contributed by atoms with Gasteiger partial charge in [0.15, 0.2) is 11.5 Å². The number of aliphatic hydroxyl groups is 2. The molecular weight excluding hydrogens is 564 g/mol. The lowest BCUT2D eigenvalue weighted by Gasteiger charge is -2.43. The van der Waals surface area contributed by atoms with Crippen molar-refractivity contribution in [2.75, 3.05) is 26.9 Å². The van der Waals surface area contributed by atoms with Crippen molar-refractivity contribution in [1.29, 1.82) is 0 Å². The van der Waals surface area contributed by atoms with Crippen LogP contribution < -0.4 is 14.8 Å². The van der Waals surface area contributed by atoms with Gasteiger partial charge in [0.05, 0.1) is 31.8 Å². The number of amides is 2. The zero-order chi connectivity index (χ0) is 31.5. The van der Waals surface area contributed by atoms with Crippen molar-refractivity contribution in [2.24, 2.45) is 17.8 Å². The molecule has 1 aromatic carbocycles. The van der Waals surface area contributed by atoms with Crippen LogP contribution in [-0.4, -0.2) is 90.5 Å². The van der Waals surface area contributed by atoms with Crippen LogP contribution in [0.1, 0.15) is 87.6 Å². The number of aldehydes is 1. The zero-order valence-corrected chi connectivity index (χ0v) is 26.4. The molecule has 0 unspecified atom stereocenters. The van der Waals surface area contributed by atoms with E-state index in [0.29, 0.717) is 52.2 Å². The Morgan fingerprint density at radius 3 is 2.59 bits per heavy atom. The van der Waals surface area contributed by atoms with E-state index in [2.05, 4.69) is 26.1 Å². The Morgan fingerprint density at radius 2 is 1.93 bits per heavy atom. The summed E-state index contributed by atoms with van der Waals surface area (Å²) in [7, 11) is 1.47. The van der Waals surface area contributed by atoms with E-state index >= 15 is 0 Å². The topological polar surface area (TPSA) is 135 Å². The second-order valence-electron chi connectivity index (χ2n) is 13.3. The number of hydrogen-bond donors (Lipinski definition) is 3. The average molecular weight is 613 g/mol. The number of rotatable bonds is 11. The predicted octanol–water partition coefficient (Wildman–Crippen LogP) is 3.38. The SMILES string of the molecule is COc1cc(C=O)cc2c1O[C@@H]1[C@@H](O)[C@H](N(C(=O)CO[C@H]3C[C@@H](C)CC[C@@H]3C(C)C)C3CCCC3)C=C(C(=O)NCCO)[C@H]21. The molecule has 0 radical (unpaired) electrons. The predicted molar refractivity (Wildman–Crippen MR) is 164 cm³/mol. The highest BCUT2D eigenvalue weighted by atomic mass is 16.5. The molecule has 1 heterocycles. The summed E-state index contributed by atoms with van der Waals surface area (Å²) in [5.41, 5.74) is 1.24. The summed E-state index contributed by atoms with van der Waals surface area (Å²) < 4.78 is 18.2. The van der Waals surface area contributed by atoms with E-state index in [1.54, 1.807) is 23.1 Å². The molecule has 5 rings (SSSR count). The highest BCUT2D eigenvalue weighted by Gasteiger charge is 2.52. The van der Waals surface area contributed by atoms with Crippen molar-refractivity contribution in [3.63, 3.8) is 0 Å². The minimum atomic E-state index is -1.16. The van der Waals surface area contributed by atoms with Gasteiger partial charge in [-0.2, -0.15) is 0 Å². The van der Waals surface area contributed by atoms with Gasteiger partial charge in [-0.25, -0.2) is 0 Å². The van der Waals surface area contributed by atoms with Crippen LogP contribution in [0.3, 0.4) is 0 Å². The maximum Gasteiger partial charge on any atom is 0.249 e. The molecular formula is C34H48N2O8. The Bertz CT molecular complexity index is 1240. The van der Waals surface area contributed by atoms with Crippen LogP contribution in [0.4, 0.5) is 0 Å². The minimum absolute atomic E-state index is 0.00343. The quantitative estimate of drug-likeness (QED) is 0.324. The number of methoxy groups -OCH3 is 1. The first-order valence-electron chi connectivity index (χ1n) is 16.2. The molecule has 1 aliphatic heterocycles. The molecule has 10 heteroatoms. The molecule has 4 aliphatic rings. The van der Waals surface area contributed by atoms with Gasteiger partial charge in [0.1, 0.15) is 25.1 Å². The molecule has 3 N–H and O–H groups in total. The summed E-state index contributed by atoms with van der Waals surface area (Å²) in [4.78, 5) is 41.2. The molecule has 2 amide bonds. The van der Waals surface area contributed by atoms with Gasteiger partial charge in [0, 0.05) is 29.3 Å².